The monoisotopic (exact) mass is 342 g/mol. The van der Waals surface area contributed by atoms with E-state index in [1.165, 1.54) is 4.70 Å². The summed E-state index contributed by atoms with van der Waals surface area (Å²) in [6, 6.07) is 6.19. The van der Waals surface area contributed by atoms with Gasteiger partial charge in [0.15, 0.2) is 5.13 Å². The van der Waals surface area contributed by atoms with Gasteiger partial charge in [0.25, 0.3) is 0 Å². The summed E-state index contributed by atoms with van der Waals surface area (Å²) < 4.78 is 7.42. The molecule has 104 valence electrons. The summed E-state index contributed by atoms with van der Waals surface area (Å²) in [7, 11) is 1.74. The van der Waals surface area contributed by atoms with Crippen LogP contribution < -0.4 is 5.32 Å². The molecule has 1 aromatic carbocycles. The second kappa shape index (κ2) is 6.20. The van der Waals surface area contributed by atoms with Crippen LogP contribution in [0.2, 0.25) is 0 Å². The zero-order valence-electron chi connectivity index (χ0n) is 11.5. The number of fused-ring (bicyclic) bond motifs is 1. The SMILES string of the molecule is COCCC(C)(C)CNc1nc2cc(Br)ccc2s1. The highest BCUT2D eigenvalue weighted by atomic mass is 79.9. The molecule has 3 nitrogen and oxygen atoms in total. The molecule has 0 fully saturated rings. The van der Waals surface area contributed by atoms with E-state index in [2.05, 4.69) is 46.1 Å². The standard InChI is InChI=1S/C14H19BrN2OS/c1-14(2,6-7-18-3)9-16-13-17-11-8-10(15)4-5-12(11)19-13/h4-5,8H,6-7,9H2,1-3H3,(H,16,17). The summed E-state index contributed by atoms with van der Waals surface area (Å²) in [6.07, 6.45) is 1.03. The molecule has 2 aromatic rings. The summed E-state index contributed by atoms with van der Waals surface area (Å²) in [5, 5.41) is 4.42. The minimum Gasteiger partial charge on any atom is -0.385 e. The van der Waals surface area contributed by atoms with Gasteiger partial charge in [-0.15, -0.1) is 0 Å². The minimum absolute atomic E-state index is 0.203. The van der Waals surface area contributed by atoms with Gasteiger partial charge in [0.1, 0.15) is 0 Å². The van der Waals surface area contributed by atoms with Gasteiger partial charge in [0.05, 0.1) is 10.2 Å². The molecule has 0 amide bonds. The van der Waals surface area contributed by atoms with Gasteiger partial charge in [-0.3, -0.25) is 0 Å². The highest BCUT2D eigenvalue weighted by molar-refractivity contribution is 9.10. The molecule has 0 saturated carbocycles. The van der Waals surface area contributed by atoms with Crippen molar-refractivity contribution in [2.75, 3.05) is 25.6 Å². The Balaban J connectivity index is 2.01. The number of aromatic nitrogens is 1. The highest BCUT2D eigenvalue weighted by Crippen LogP contribution is 2.29. The molecule has 2 rings (SSSR count). The number of nitrogens with one attached hydrogen (secondary N) is 1. The second-order valence-corrected chi connectivity index (χ2v) is 7.34. The topological polar surface area (TPSA) is 34.1 Å². The molecule has 0 atom stereocenters. The Hall–Kier alpha value is -0.650. The van der Waals surface area contributed by atoms with Crippen molar-refractivity contribution in [3.63, 3.8) is 0 Å². The van der Waals surface area contributed by atoms with Crippen molar-refractivity contribution in [3.05, 3.63) is 22.7 Å². The lowest BCUT2D eigenvalue weighted by atomic mass is 9.90. The van der Waals surface area contributed by atoms with Crippen LogP contribution in [0.15, 0.2) is 22.7 Å². The van der Waals surface area contributed by atoms with Gasteiger partial charge in [0, 0.05) is 24.7 Å². The number of methoxy groups -OCH3 is 1. The Kier molecular flexibility index (Phi) is 4.81. The van der Waals surface area contributed by atoms with Crippen LogP contribution in [-0.2, 0) is 4.74 Å². The van der Waals surface area contributed by atoms with Crippen LogP contribution in [0.4, 0.5) is 5.13 Å². The number of rotatable bonds is 6. The largest absolute Gasteiger partial charge is 0.385 e. The Labute approximate surface area is 126 Å². The summed E-state index contributed by atoms with van der Waals surface area (Å²) >= 11 is 5.17. The molecule has 0 aliphatic rings. The zero-order valence-corrected chi connectivity index (χ0v) is 13.9. The number of hydrogen-bond donors (Lipinski definition) is 1. The second-order valence-electron chi connectivity index (χ2n) is 5.39. The van der Waals surface area contributed by atoms with Gasteiger partial charge in [0.2, 0.25) is 0 Å². The molecular formula is C14H19BrN2OS. The molecule has 0 aliphatic heterocycles. The number of halogens is 1. The minimum atomic E-state index is 0.203. The van der Waals surface area contributed by atoms with Crippen molar-refractivity contribution in [1.29, 1.82) is 0 Å². The van der Waals surface area contributed by atoms with Gasteiger partial charge in [-0.05, 0) is 30.0 Å². The molecule has 0 bridgehead atoms. The van der Waals surface area contributed by atoms with E-state index in [-0.39, 0.29) is 5.41 Å². The zero-order chi connectivity index (χ0) is 13.9. The molecule has 1 aromatic heterocycles. The third kappa shape index (κ3) is 4.16. The maximum Gasteiger partial charge on any atom is 0.183 e. The Morgan fingerprint density at radius 2 is 2.21 bits per heavy atom. The molecule has 0 unspecified atom stereocenters. The van der Waals surface area contributed by atoms with E-state index in [0.29, 0.717) is 0 Å². The van der Waals surface area contributed by atoms with E-state index in [4.69, 9.17) is 4.74 Å². The van der Waals surface area contributed by atoms with Crippen LogP contribution in [0.5, 0.6) is 0 Å². The van der Waals surface area contributed by atoms with Gasteiger partial charge < -0.3 is 10.1 Å². The summed E-state index contributed by atoms with van der Waals surface area (Å²) in [4.78, 5) is 4.60. The summed E-state index contributed by atoms with van der Waals surface area (Å²) in [6.45, 7) is 6.17. The highest BCUT2D eigenvalue weighted by Gasteiger charge is 2.18. The fourth-order valence-electron chi connectivity index (χ4n) is 1.76. The van der Waals surface area contributed by atoms with E-state index in [0.717, 1.165) is 34.7 Å². The van der Waals surface area contributed by atoms with E-state index in [1.54, 1.807) is 18.4 Å². The van der Waals surface area contributed by atoms with Crippen molar-refractivity contribution >= 4 is 42.6 Å². The van der Waals surface area contributed by atoms with Crippen LogP contribution >= 0.6 is 27.3 Å². The van der Waals surface area contributed by atoms with Crippen molar-refractivity contribution < 1.29 is 4.74 Å². The van der Waals surface area contributed by atoms with Crippen LogP contribution in [0.3, 0.4) is 0 Å². The third-order valence-corrected chi connectivity index (χ3v) is 4.54. The lowest BCUT2D eigenvalue weighted by molar-refractivity contribution is 0.157. The maximum absolute atomic E-state index is 5.14. The first kappa shape index (κ1) is 14.8. The van der Waals surface area contributed by atoms with Gasteiger partial charge in [-0.25, -0.2) is 4.98 Å². The van der Waals surface area contributed by atoms with Crippen LogP contribution in [0.1, 0.15) is 20.3 Å². The fraction of sp³-hybridized carbons (Fsp3) is 0.500. The number of nitrogens with zero attached hydrogens (tertiary/aromatic N) is 1. The molecule has 0 spiro atoms. The molecule has 19 heavy (non-hydrogen) atoms. The predicted molar refractivity (Wildman–Crippen MR) is 86.1 cm³/mol. The molecule has 0 aliphatic carbocycles. The normalized spacial score (nSPS) is 12.0. The third-order valence-electron chi connectivity index (χ3n) is 3.05. The lowest BCUT2D eigenvalue weighted by Gasteiger charge is -2.24. The molecule has 1 heterocycles. The smallest absolute Gasteiger partial charge is 0.183 e. The number of thiazole rings is 1. The Bertz CT molecular complexity index is 553. The van der Waals surface area contributed by atoms with Crippen molar-refractivity contribution in [3.8, 4) is 0 Å². The van der Waals surface area contributed by atoms with E-state index in [1.807, 2.05) is 12.1 Å². The molecule has 5 heteroatoms. The number of ether oxygens (including phenoxy) is 1. The van der Waals surface area contributed by atoms with Crippen molar-refractivity contribution in [1.82, 2.24) is 4.98 Å². The van der Waals surface area contributed by atoms with E-state index < -0.39 is 0 Å². The van der Waals surface area contributed by atoms with Crippen LogP contribution in [0, 0.1) is 5.41 Å². The molecule has 1 N–H and O–H groups in total. The number of anilines is 1. The summed E-state index contributed by atoms with van der Waals surface area (Å²) in [5.41, 5.74) is 1.24. The van der Waals surface area contributed by atoms with Gasteiger partial charge in [-0.1, -0.05) is 41.1 Å². The average molecular weight is 343 g/mol. The van der Waals surface area contributed by atoms with Crippen molar-refractivity contribution in [2.24, 2.45) is 5.41 Å². The molecule has 0 radical (unpaired) electrons. The van der Waals surface area contributed by atoms with E-state index in [9.17, 15) is 0 Å². The first-order valence-electron chi connectivity index (χ1n) is 6.29. The lowest BCUT2D eigenvalue weighted by Crippen LogP contribution is -2.24. The van der Waals surface area contributed by atoms with Gasteiger partial charge in [-0.2, -0.15) is 0 Å². The van der Waals surface area contributed by atoms with Crippen LogP contribution in [-0.4, -0.2) is 25.2 Å². The number of benzene rings is 1. The van der Waals surface area contributed by atoms with Gasteiger partial charge >= 0.3 is 0 Å². The number of hydrogen-bond acceptors (Lipinski definition) is 4. The first-order chi connectivity index (χ1) is 9.00. The predicted octanol–water partition coefficient (Wildman–Crippen LogP) is 4.53. The quantitative estimate of drug-likeness (QED) is 0.837. The van der Waals surface area contributed by atoms with Crippen LogP contribution in [0.25, 0.3) is 10.2 Å². The fourth-order valence-corrected chi connectivity index (χ4v) is 2.95. The molecular weight excluding hydrogens is 324 g/mol. The summed E-state index contributed by atoms with van der Waals surface area (Å²) in [5.74, 6) is 0. The van der Waals surface area contributed by atoms with E-state index >= 15 is 0 Å². The average Bonchev–Trinajstić information content (AvgIpc) is 2.76. The first-order valence-corrected chi connectivity index (χ1v) is 7.90. The molecule has 0 saturated heterocycles. The Morgan fingerprint density at radius 1 is 1.42 bits per heavy atom. The maximum atomic E-state index is 5.14. The van der Waals surface area contributed by atoms with Crippen molar-refractivity contribution in [2.45, 2.75) is 20.3 Å². The Morgan fingerprint density at radius 3 is 2.95 bits per heavy atom.